The minimum atomic E-state index is 0.686. The molecule has 90 valence electrons. The van der Waals surface area contributed by atoms with E-state index in [1.165, 1.54) is 5.56 Å². The lowest BCUT2D eigenvalue weighted by Gasteiger charge is -2.10. The van der Waals surface area contributed by atoms with Crippen molar-refractivity contribution in [2.45, 2.75) is 20.8 Å². The summed E-state index contributed by atoms with van der Waals surface area (Å²) in [6, 6.07) is 6.13. The summed E-state index contributed by atoms with van der Waals surface area (Å²) in [5.74, 6) is 1.60. The zero-order valence-electron chi connectivity index (χ0n) is 10.2. The predicted octanol–water partition coefficient (Wildman–Crippen LogP) is 3.38. The molecular weight excluding hydrogens is 266 g/mol. The van der Waals surface area contributed by atoms with Crippen LogP contribution in [-0.2, 0) is 0 Å². The van der Waals surface area contributed by atoms with Gasteiger partial charge >= 0.3 is 0 Å². The van der Waals surface area contributed by atoms with Crippen LogP contribution in [0.1, 0.15) is 19.4 Å². The van der Waals surface area contributed by atoms with Gasteiger partial charge in [-0.05, 0) is 53.0 Å². The maximum absolute atomic E-state index is 5.66. The van der Waals surface area contributed by atoms with Gasteiger partial charge < -0.3 is 10.1 Å². The number of rotatable bonds is 6. The Morgan fingerprint density at radius 2 is 2.12 bits per heavy atom. The van der Waals surface area contributed by atoms with Gasteiger partial charge in [0.05, 0.1) is 4.47 Å². The number of halogens is 1. The van der Waals surface area contributed by atoms with Gasteiger partial charge in [0.2, 0.25) is 0 Å². The topological polar surface area (TPSA) is 21.3 Å². The molecule has 0 aliphatic rings. The van der Waals surface area contributed by atoms with Crippen molar-refractivity contribution in [1.29, 1.82) is 0 Å². The van der Waals surface area contributed by atoms with Crippen LogP contribution in [0, 0.1) is 12.8 Å². The summed E-state index contributed by atoms with van der Waals surface area (Å²) in [4.78, 5) is 0. The van der Waals surface area contributed by atoms with Crippen molar-refractivity contribution < 1.29 is 4.74 Å². The molecular formula is C13H20BrNO. The van der Waals surface area contributed by atoms with Gasteiger partial charge in [0.25, 0.3) is 0 Å². The molecule has 1 rings (SSSR count). The zero-order chi connectivity index (χ0) is 12.0. The third-order valence-corrected chi connectivity index (χ3v) is 2.80. The third-order valence-electron chi connectivity index (χ3n) is 2.18. The maximum atomic E-state index is 5.66. The molecule has 1 aromatic rings. The molecule has 0 saturated heterocycles. The van der Waals surface area contributed by atoms with E-state index in [1.54, 1.807) is 0 Å². The minimum Gasteiger partial charge on any atom is -0.491 e. The molecule has 0 aliphatic carbocycles. The van der Waals surface area contributed by atoms with E-state index < -0.39 is 0 Å². The Hall–Kier alpha value is -0.540. The second-order valence-corrected chi connectivity index (χ2v) is 5.23. The molecule has 16 heavy (non-hydrogen) atoms. The molecule has 0 unspecified atom stereocenters. The molecule has 0 aromatic heterocycles. The highest BCUT2D eigenvalue weighted by Crippen LogP contribution is 2.25. The molecule has 0 heterocycles. The summed E-state index contributed by atoms with van der Waals surface area (Å²) in [5, 5.41) is 3.35. The predicted molar refractivity (Wildman–Crippen MR) is 72.1 cm³/mol. The third kappa shape index (κ3) is 4.99. The summed E-state index contributed by atoms with van der Waals surface area (Å²) < 4.78 is 6.69. The fourth-order valence-electron chi connectivity index (χ4n) is 1.35. The van der Waals surface area contributed by atoms with Gasteiger partial charge in [0.1, 0.15) is 12.4 Å². The summed E-state index contributed by atoms with van der Waals surface area (Å²) in [6.45, 7) is 9.10. The molecule has 0 bridgehead atoms. The van der Waals surface area contributed by atoms with Crippen LogP contribution >= 0.6 is 15.9 Å². The van der Waals surface area contributed by atoms with Gasteiger partial charge in [-0.25, -0.2) is 0 Å². The molecule has 2 nitrogen and oxygen atoms in total. The van der Waals surface area contributed by atoms with E-state index in [0.29, 0.717) is 12.5 Å². The van der Waals surface area contributed by atoms with Crippen molar-refractivity contribution in [2.75, 3.05) is 19.7 Å². The second kappa shape index (κ2) is 6.92. The lowest BCUT2D eigenvalue weighted by Crippen LogP contribution is -2.24. The summed E-state index contributed by atoms with van der Waals surface area (Å²) >= 11 is 3.49. The second-order valence-electron chi connectivity index (χ2n) is 4.38. The highest BCUT2D eigenvalue weighted by molar-refractivity contribution is 9.10. The van der Waals surface area contributed by atoms with Crippen LogP contribution in [0.3, 0.4) is 0 Å². The molecule has 0 saturated carbocycles. The molecule has 0 fully saturated rings. The van der Waals surface area contributed by atoms with Crippen molar-refractivity contribution in [3.05, 3.63) is 28.2 Å². The van der Waals surface area contributed by atoms with Crippen molar-refractivity contribution in [1.82, 2.24) is 5.32 Å². The zero-order valence-corrected chi connectivity index (χ0v) is 11.8. The first-order chi connectivity index (χ1) is 7.59. The van der Waals surface area contributed by atoms with Gasteiger partial charge in [-0.15, -0.1) is 0 Å². The number of aryl methyl sites for hydroxylation is 1. The Morgan fingerprint density at radius 3 is 2.75 bits per heavy atom. The van der Waals surface area contributed by atoms with Gasteiger partial charge in [0.15, 0.2) is 0 Å². The summed E-state index contributed by atoms with van der Waals surface area (Å²) in [5.41, 5.74) is 1.23. The van der Waals surface area contributed by atoms with Crippen LogP contribution in [0.2, 0.25) is 0 Å². The van der Waals surface area contributed by atoms with E-state index in [-0.39, 0.29) is 0 Å². The van der Waals surface area contributed by atoms with Crippen LogP contribution in [0.15, 0.2) is 22.7 Å². The molecule has 1 N–H and O–H groups in total. The first kappa shape index (κ1) is 13.5. The van der Waals surface area contributed by atoms with Crippen molar-refractivity contribution in [3.8, 4) is 5.75 Å². The lowest BCUT2D eigenvalue weighted by molar-refractivity contribution is 0.309. The smallest absolute Gasteiger partial charge is 0.133 e. The first-order valence-electron chi connectivity index (χ1n) is 5.69. The minimum absolute atomic E-state index is 0.686. The average Bonchev–Trinajstić information content (AvgIpc) is 2.20. The fraction of sp³-hybridized carbons (Fsp3) is 0.538. The molecule has 1 aromatic carbocycles. The van der Waals surface area contributed by atoms with Crippen LogP contribution in [0.25, 0.3) is 0 Å². The van der Waals surface area contributed by atoms with Gasteiger partial charge in [-0.1, -0.05) is 19.9 Å². The Kier molecular flexibility index (Phi) is 5.85. The highest BCUT2D eigenvalue weighted by Gasteiger charge is 2.00. The Labute approximate surface area is 107 Å². The van der Waals surface area contributed by atoms with Crippen LogP contribution < -0.4 is 10.1 Å². The maximum Gasteiger partial charge on any atom is 0.133 e. The average molecular weight is 286 g/mol. The van der Waals surface area contributed by atoms with E-state index in [0.717, 1.165) is 23.3 Å². The molecule has 0 spiro atoms. The van der Waals surface area contributed by atoms with Crippen LogP contribution in [-0.4, -0.2) is 19.7 Å². The summed E-state index contributed by atoms with van der Waals surface area (Å²) in [7, 11) is 0. The van der Waals surface area contributed by atoms with Crippen LogP contribution in [0.5, 0.6) is 5.75 Å². The number of hydrogen-bond donors (Lipinski definition) is 1. The Bertz CT molecular complexity index is 326. The SMILES string of the molecule is Cc1ccc(OCCNCC(C)C)c(Br)c1. The highest BCUT2D eigenvalue weighted by atomic mass is 79.9. The van der Waals surface area contributed by atoms with Crippen molar-refractivity contribution in [3.63, 3.8) is 0 Å². The van der Waals surface area contributed by atoms with Crippen molar-refractivity contribution in [2.24, 2.45) is 5.92 Å². The number of nitrogens with one attached hydrogen (secondary N) is 1. The first-order valence-corrected chi connectivity index (χ1v) is 6.48. The fourth-order valence-corrected chi connectivity index (χ4v) is 1.95. The number of benzene rings is 1. The molecule has 3 heteroatoms. The van der Waals surface area contributed by atoms with Gasteiger partial charge in [-0.3, -0.25) is 0 Å². The van der Waals surface area contributed by atoms with E-state index in [1.807, 2.05) is 6.07 Å². The van der Waals surface area contributed by atoms with E-state index >= 15 is 0 Å². The van der Waals surface area contributed by atoms with Gasteiger partial charge in [-0.2, -0.15) is 0 Å². The standard InChI is InChI=1S/C13H20BrNO/c1-10(2)9-15-6-7-16-13-5-4-11(3)8-12(13)14/h4-5,8,10,15H,6-7,9H2,1-3H3. The molecule has 0 aliphatic heterocycles. The number of hydrogen-bond acceptors (Lipinski definition) is 2. The van der Waals surface area contributed by atoms with Crippen LogP contribution in [0.4, 0.5) is 0 Å². The molecule has 0 atom stereocenters. The van der Waals surface area contributed by atoms with E-state index in [4.69, 9.17) is 4.74 Å². The number of ether oxygens (including phenoxy) is 1. The lowest BCUT2D eigenvalue weighted by atomic mass is 10.2. The molecule has 0 amide bonds. The quantitative estimate of drug-likeness (QED) is 0.809. The summed E-state index contributed by atoms with van der Waals surface area (Å²) in [6.07, 6.45) is 0. The van der Waals surface area contributed by atoms with E-state index in [2.05, 4.69) is 54.2 Å². The molecule has 0 radical (unpaired) electrons. The Morgan fingerprint density at radius 1 is 1.38 bits per heavy atom. The monoisotopic (exact) mass is 285 g/mol. The largest absolute Gasteiger partial charge is 0.491 e. The normalized spacial score (nSPS) is 10.8. The van der Waals surface area contributed by atoms with Crippen molar-refractivity contribution >= 4 is 15.9 Å². The Balaban J connectivity index is 2.27. The van der Waals surface area contributed by atoms with Gasteiger partial charge in [0, 0.05) is 6.54 Å². The van der Waals surface area contributed by atoms with E-state index in [9.17, 15) is 0 Å².